The number of hydrogen-bond acceptors (Lipinski definition) is 10. The summed E-state index contributed by atoms with van der Waals surface area (Å²) < 4.78 is 12.0. The van der Waals surface area contributed by atoms with Gasteiger partial charge in [-0.05, 0) is 375 Å². The normalized spacial score (nSPS) is 18.4. The minimum absolute atomic E-state index is 0.139. The molecule has 6 saturated heterocycles. The van der Waals surface area contributed by atoms with Gasteiger partial charge in [0.2, 0.25) is 35.4 Å². The molecule has 732 valence electrons. The monoisotopic (exact) mass is 2470 g/mol. The number of carbonyl (C=O) groups is 6. The lowest BCUT2D eigenvalue weighted by Crippen LogP contribution is -2.42. The first-order valence-electron chi connectivity index (χ1n) is 48.8. The van der Waals surface area contributed by atoms with E-state index in [0.29, 0.717) is 49.4 Å². The summed E-state index contributed by atoms with van der Waals surface area (Å²) in [5.74, 6) is 3.21. The molecule has 10 aromatic rings. The van der Waals surface area contributed by atoms with Gasteiger partial charge in [-0.25, -0.2) is 9.13 Å². The summed E-state index contributed by atoms with van der Waals surface area (Å²) in [5.41, 5.74) is 26.9. The number of piperidine rings is 6. The fourth-order valence-corrected chi connectivity index (χ4v) is 27.7. The van der Waals surface area contributed by atoms with E-state index in [4.69, 9.17) is 66.3 Å². The van der Waals surface area contributed by atoms with E-state index in [1.165, 1.54) is 100 Å². The average Bonchev–Trinajstić information content (AvgIpc) is 1.57. The number of aryl methyl sites for hydroxylation is 8. The van der Waals surface area contributed by atoms with Crippen LogP contribution in [-0.2, 0) is 107 Å². The molecule has 30 heteroatoms. The van der Waals surface area contributed by atoms with Crippen LogP contribution in [0.15, 0.2) is 194 Å². The Morgan fingerprint density at radius 2 is 0.664 bits per heavy atom. The van der Waals surface area contributed by atoms with Crippen molar-refractivity contribution in [1.82, 2.24) is 49.3 Å². The molecule has 4 aliphatic carbocycles. The SMILES string of the molecule is CC(=O)N1CCC(CC(=O)N2CCC([C@@H]3c4ccc(Cl)c(Br)c4CCc4cc(Br)cnc43)CC2)CC1.CC(=O)N1CCC(CC(=O)N2CCC([C@H]3c4ccc(Cl)c(Br)c4CCc4cc(Br)cnc43)CC2)CC1.C[n+]1ccc(CC(=O)N2CCC(=C3c4ncc(Br)cc4CCc4cc(Cl)cc(Br)c43)CC2)cc1.C[n+]1ccc(CC(=O)N2CCC(=C3c4ncc(Br)cc4CCc4cc(Cl)cc(Br)c43)CC2)cc1. The van der Waals surface area contributed by atoms with Crippen LogP contribution in [0.3, 0.4) is 0 Å². The van der Waals surface area contributed by atoms with Crippen molar-refractivity contribution in [2.75, 3.05) is 78.5 Å². The number of benzene rings is 4. The number of halogens is 12. The van der Waals surface area contributed by atoms with Crippen LogP contribution in [0.1, 0.15) is 216 Å². The van der Waals surface area contributed by atoms with E-state index in [0.717, 1.165) is 285 Å². The minimum atomic E-state index is 0.139. The van der Waals surface area contributed by atoms with E-state index in [-0.39, 0.29) is 47.3 Å². The fourth-order valence-electron chi connectivity index (χ4n) is 22.5. The number of amides is 6. The summed E-state index contributed by atoms with van der Waals surface area (Å²) in [6.45, 7) is 12.4. The lowest BCUT2D eigenvalue weighted by Gasteiger charge is -2.38. The highest BCUT2D eigenvalue weighted by molar-refractivity contribution is 9.11. The van der Waals surface area contributed by atoms with E-state index in [2.05, 4.69) is 186 Å². The second kappa shape index (κ2) is 47.3. The van der Waals surface area contributed by atoms with Crippen LogP contribution in [-0.4, -0.2) is 163 Å². The molecular formula is C110H114Br8Cl4N12O6+2. The maximum absolute atomic E-state index is 13.1. The predicted molar refractivity (Wildman–Crippen MR) is 582 cm³/mol. The molecule has 2 atom stereocenters. The van der Waals surface area contributed by atoms with E-state index >= 15 is 0 Å². The molecule has 0 spiro atoms. The number of carbonyl (C=O) groups excluding carboxylic acids is 6. The number of pyridine rings is 6. The van der Waals surface area contributed by atoms with Crippen LogP contribution in [0.25, 0.3) is 11.1 Å². The predicted octanol–water partition coefficient (Wildman–Crippen LogP) is 24.5. The zero-order valence-electron chi connectivity index (χ0n) is 79.1. The van der Waals surface area contributed by atoms with Crippen LogP contribution in [0, 0.1) is 23.7 Å². The Labute approximate surface area is 908 Å². The number of hydrogen-bond donors (Lipinski definition) is 0. The Morgan fingerprint density at radius 3 is 1.01 bits per heavy atom. The van der Waals surface area contributed by atoms with E-state index < -0.39 is 0 Å². The van der Waals surface area contributed by atoms with Crippen molar-refractivity contribution in [3.63, 3.8) is 0 Å². The Bertz CT molecular complexity index is 6050. The van der Waals surface area contributed by atoms with Gasteiger partial charge in [0.25, 0.3) is 0 Å². The van der Waals surface area contributed by atoms with Gasteiger partial charge in [-0.3, -0.25) is 48.7 Å². The van der Waals surface area contributed by atoms with Crippen molar-refractivity contribution in [3.8, 4) is 0 Å². The number of aromatic nitrogens is 6. The van der Waals surface area contributed by atoms with Crippen molar-refractivity contribution in [1.29, 1.82) is 0 Å². The maximum Gasteiger partial charge on any atom is 0.227 e. The average molecular weight is 2480 g/mol. The van der Waals surface area contributed by atoms with Gasteiger partial charge in [-0.15, -0.1) is 0 Å². The van der Waals surface area contributed by atoms with Crippen LogP contribution in [0.2, 0.25) is 20.1 Å². The largest absolute Gasteiger partial charge is 0.343 e. The molecule has 4 aromatic carbocycles. The summed E-state index contributed by atoms with van der Waals surface area (Å²) in [7, 11) is 3.96. The molecule has 12 heterocycles. The molecule has 0 radical (unpaired) electrons. The molecule has 6 aromatic heterocycles. The third-order valence-electron chi connectivity index (χ3n) is 30.1. The van der Waals surface area contributed by atoms with Crippen molar-refractivity contribution >= 4 is 220 Å². The lowest BCUT2D eigenvalue weighted by molar-refractivity contribution is -0.671. The molecular weight excluding hydrogens is 2370 g/mol. The molecule has 10 aliphatic rings. The Hall–Kier alpha value is -6.92. The highest BCUT2D eigenvalue weighted by Gasteiger charge is 2.41. The zero-order chi connectivity index (χ0) is 98.4. The summed E-state index contributed by atoms with van der Waals surface area (Å²) in [6, 6.07) is 33.4. The van der Waals surface area contributed by atoms with Crippen LogP contribution >= 0.6 is 174 Å². The molecule has 6 aliphatic heterocycles. The Morgan fingerprint density at radius 1 is 0.350 bits per heavy atom. The molecule has 20 rings (SSSR count). The first-order chi connectivity index (χ1) is 67.4. The van der Waals surface area contributed by atoms with Gasteiger partial charge in [0.05, 0.1) is 45.7 Å². The summed E-state index contributed by atoms with van der Waals surface area (Å²) in [6.07, 6.45) is 36.0. The third kappa shape index (κ3) is 24.8. The molecule has 140 heavy (non-hydrogen) atoms. The topological polar surface area (TPSA) is 181 Å². The van der Waals surface area contributed by atoms with Crippen LogP contribution in [0.4, 0.5) is 0 Å². The second-order valence-corrected chi connectivity index (χ2v) is 47.6. The highest BCUT2D eigenvalue weighted by Crippen LogP contribution is 2.51. The van der Waals surface area contributed by atoms with Gasteiger partial charge in [0, 0.05) is 234 Å². The van der Waals surface area contributed by atoms with Crippen LogP contribution < -0.4 is 9.13 Å². The summed E-state index contributed by atoms with van der Waals surface area (Å²) >= 11 is 55.4. The van der Waals surface area contributed by atoms with Crippen molar-refractivity contribution < 1.29 is 37.9 Å². The van der Waals surface area contributed by atoms with Gasteiger partial charge in [0.1, 0.15) is 14.1 Å². The van der Waals surface area contributed by atoms with Crippen molar-refractivity contribution in [3.05, 3.63) is 314 Å². The molecule has 18 nitrogen and oxygen atoms in total. The standard InChI is InChI=1S/2C28H32Br2ClN3O2.2C27H25Br2ClN3O/c2*1-17(35)33-10-6-18(7-11-33)14-25(36)34-12-8-19(9-13-34)26-22-4-5-24(31)27(30)23(22)3-2-20-15-21(29)16-32-28(20)26;2*1-32-8-4-17(5-9-32)12-24(34)33-10-6-18(7-11-33)26-25-19(14-22(30)15-23(25)29)2-3-20-13-21(28)16-31-27(20)26/h2*4-5,15-16,18-19,26H,2-3,6-14H2,1H3;2*4-5,8-9,13-16H,2-3,6-7,10-12H2,1H3/q;;2*+1/t2*26-;;/m10../s1. The number of rotatable bonds is 10. The number of likely N-dealkylation sites (tertiary alicyclic amines) is 6. The Balaban J connectivity index is 0.000000129. The Kier molecular flexibility index (Phi) is 35.3. The first kappa shape index (κ1) is 104. The van der Waals surface area contributed by atoms with Crippen molar-refractivity contribution in [2.45, 2.75) is 180 Å². The van der Waals surface area contributed by atoms with E-state index in [1.807, 2.05) is 141 Å². The summed E-state index contributed by atoms with van der Waals surface area (Å²) in [5, 5.41) is 2.99. The molecule has 0 bridgehead atoms. The van der Waals surface area contributed by atoms with Gasteiger partial charge < -0.3 is 29.4 Å². The molecule has 0 unspecified atom stereocenters. The van der Waals surface area contributed by atoms with Gasteiger partial charge in [-0.2, -0.15) is 0 Å². The second-order valence-electron chi connectivity index (χ2n) is 38.9. The third-order valence-corrected chi connectivity index (χ3v) is 36.4. The zero-order valence-corrected chi connectivity index (χ0v) is 94.8. The van der Waals surface area contributed by atoms with E-state index in [9.17, 15) is 28.8 Å². The maximum atomic E-state index is 13.1. The van der Waals surface area contributed by atoms with Gasteiger partial charge >= 0.3 is 0 Å². The summed E-state index contributed by atoms with van der Waals surface area (Å²) in [4.78, 5) is 107. The number of nitrogens with zero attached hydrogens (tertiary/aromatic N) is 12. The van der Waals surface area contributed by atoms with Gasteiger partial charge in [0.15, 0.2) is 24.8 Å². The molecule has 0 N–H and O–H groups in total. The van der Waals surface area contributed by atoms with Gasteiger partial charge in [-0.1, -0.05) is 102 Å². The molecule has 6 fully saturated rings. The minimum Gasteiger partial charge on any atom is -0.343 e. The smallest absolute Gasteiger partial charge is 0.227 e. The first-order valence-corrected chi connectivity index (χ1v) is 56.7. The van der Waals surface area contributed by atoms with E-state index in [1.54, 1.807) is 13.8 Å². The van der Waals surface area contributed by atoms with Crippen LogP contribution in [0.5, 0.6) is 0 Å². The molecule has 6 amide bonds. The van der Waals surface area contributed by atoms with Crippen molar-refractivity contribution in [2.24, 2.45) is 37.8 Å². The quantitative estimate of drug-likeness (QED) is 0.120. The molecule has 0 saturated carbocycles. The number of fused-ring (bicyclic) bond motifs is 8. The fraction of sp³-hybridized carbons (Fsp3) is 0.418. The lowest BCUT2D eigenvalue weighted by atomic mass is 9.76. The highest BCUT2D eigenvalue weighted by atomic mass is 79.9.